The molecule has 0 saturated carbocycles. The van der Waals surface area contributed by atoms with Gasteiger partial charge in [0.2, 0.25) is 0 Å². The zero-order valence-electron chi connectivity index (χ0n) is 6.88. The summed E-state index contributed by atoms with van der Waals surface area (Å²) in [7, 11) is 0. The molecule has 0 aliphatic heterocycles. The number of hydrogen-bond acceptors (Lipinski definition) is 4. The van der Waals surface area contributed by atoms with Crippen molar-refractivity contribution in [1.82, 2.24) is 0 Å². The van der Waals surface area contributed by atoms with Gasteiger partial charge in [-0.2, -0.15) is 0 Å². The van der Waals surface area contributed by atoms with Crippen LogP contribution in [0.3, 0.4) is 0 Å². The summed E-state index contributed by atoms with van der Waals surface area (Å²) in [5.41, 5.74) is 10.7. The molecule has 0 bridgehead atoms. The zero-order chi connectivity index (χ0) is 8.69. The monoisotopic (exact) mass is 160 g/mol. The van der Waals surface area contributed by atoms with E-state index in [9.17, 15) is 4.79 Å². The van der Waals surface area contributed by atoms with Gasteiger partial charge in [-0.05, 0) is 26.3 Å². The maximum atomic E-state index is 10.9. The molecule has 4 nitrogen and oxygen atoms in total. The fraction of sp³-hybridized carbons (Fsp3) is 0.857. The molecule has 0 fully saturated rings. The molecule has 4 heteroatoms. The Labute approximate surface area is 66.9 Å². The molecule has 1 atom stereocenters. The Hall–Kier alpha value is -0.610. The number of esters is 1. The van der Waals surface area contributed by atoms with Crippen LogP contribution < -0.4 is 11.5 Å². The average Bonchev–Trinajstić information content (AvgIpc) is 2.00. The van der Waals surface area contributed by atoms with E-state index in [4.69, 9.17) is 16.2 Å². The molecular weight excluding hydrogens is 144 g/mol. The van der Waals surface area contributed by atoms with Crippen molar-refractivity contribution in [2.75, 3.05) is 13.2 Å². The molecule has 0 aliphatic carbocycles. The van der Waals surface area contributed by atoms with Crippen LogP contribution in [0.1, 0.15) is 19.8 Å². The first-order valence-electron chi connectivity index (χ1n) is 3.84. The predicted octanol–water partition coefficient (Wildman–Crippen LogP) is -0.384. The van der Waals surface area contributed by atoms with Crippen LogP contribution in [0.2, 0.25) is 0 Å². The quantitative estimate of drug-likeness (QED) is 0.537. The summed E-state index contributed by atoms with van der Waals surface area (Å²) in [6.45, 7) is 2.70. The van der Waals surface area contributed by atoms with Gasteiger partial charge in [-0.3, -0.25) is 4.79 Å². The van der Waals surface area contributed by atoms with Crippen LogP contribution in [0.25, 0.3) is 0 Å². The van der Waals surface area contributed by atoms with Crippen LogP contribution in [-0.2, 0) is 9.53 Å². The van der Waals surface area contributed by atoms with E-state index >= 15 is 0 Å². The van der Waals surface area contributed by atoms with Crippen molar-refractivity contribution >= 4 is 5.97 Å². The standard InChI is InChI=1S/C7H16N2O2/c1-2-11-7(10)6(9)4-3-5-8/h6H,2-5,8-9H2,1H3. The lowest BCUT2D eigenvalue weighted by Crippen LogP contribution is -2.32. The first-order chi connectivity index (χ1) is 5.22. The number of carbonyl (C=O) groups excluding carboxylic acids is 1. The second kappa shape index (κ2) is 6.12. The van der Waals surface area contributed by atoms with Gasteiger partial charge < -0.3 is 16.2 Å². The summed E-state index contributed by atoms with van der Waals surface area (Å²) in [6, 6.07) is -0.501. The molecule has 0 spiro atoms. The Balaban J connectivity index is 3.46. The SMILES string of the molecule is CCOC(=O)C(N)CCCN. The largest absolute Gasteiger partial charge is 0.465 e. The first kappa shape index (κ1) is 10.4. The minimum absolute atomic E-state index is 0.332. The Kier molecular flexibility index (Phi) is 5.78. The van der Waals surface area contributed by atoms with E-state index in [2.05, 4.69) is 0 Å². The van der Waals surface area contributed by atoms with Crippen LogP contribution in [-0.4, -0.2) is 25.2 Å². The van der Waals surface area contributed by atoms with Crippen molar-refractivity contribution in [3.05, 3.63) is 0 Å². The molecule has 0 amide bonds. The highest BCUT2D eigenvalue weighted by atomic mass is 16.5. The summed E-state index contributed by atoms with van der Waals surface area (Å²) < 4.78 is 4.70. The Morgan fingerprint density at radius 2 is 2.27 bits per heavy atom. The topological polar surface area (TPSA) is 78.3 Å². The number of ether oxygens (including phenoxy) is 1. The minimum Gasteiger partial charge on any atom is -0.465 e. The van der Waals surface area contributed by atoms with E-state index in [0.717, 1.165) is 6.42 Å². The summed E-state index contributed by atoms with van der Waals surface area (Å²) in [6.07, 6.45) is 1.37. The van der Waals surface area contributed by atoms with Crippen molar-refractivity contribution in [2.45, 2.75) is 25.8 Å². The van der Waals surface area contributed by atoms with E-state index in [1.54, 1.807) is 6.92 Å². The third-order valence-corrected chi connectivity index (χ3v) is 1.31. The summed E-state index contributed by atoms with van der Waals surface area (Å²) in [4.78, 5) is 10.9. The van der Waals surface area contributed by atoms with Crippen LogP contribution in [0.15, 0.2) is 0 Å². The lowest BCUT2D eigenvalue weighted by molar-refractivity contribution is -0.144. The van der Waals surface area contributed by atoms with Crippen molar-refractivity contribution in [1.29, 1.82) is 0 Å². The van der Waals surface area contributed by atoms with E-state index < -0.39 is 6.04 Å². The van der Waals surface area contributed by atoms with Crippen LogP contribution in [0.5, 0.6) is 0 Å². The van der Waals surface area contributed by atoms with Gasteiger partial charge in [-0.1, -0.05) is 0 Å². The maximum Gasteiger partial charge on any atom is 0.322 e. The van der Waals surface area contributed by atoms with E-state index in [0.29, 0.717) is 19.6 Å². The van der Waals surface area contributed by atoms with Gasteiger partial charge >= 0.3 is 5.97 Å². The molecule has 0 rings (SSSR count). The molecule has 0 aliphatic rings. The molecule has 0 aromatic carbocycles. The summed E-state index contributed by atoms with van der Waals surface area (Å²) in [5, 5.41) is 0. The lowest BCUT2D eigenvalue weighted by atomic mass is 10.2. The number of hydrogen-bond donors (Lipinski definition) is 2. The van der Waals surface area contributed by atoms with Crippen molar-refractivity contribution < 1.29 is 9.53 Å². The Morgan fingerprint density at radius 3 is 2.73 bits per heavy atom. The van der Waals surface area contributed by atoms with E-state index in [1.807, 2.05) is 0 Å². The minimum atomic E-state index is -0.501. The number of rotatable bonds is 5. The predicted molar refractivity (Wildman–Crippen MR) is 42.9 cm³/mol. The highest BCUT2D eigenvalue weighted by Gasteiger charge is 2.12. The van der Waals surface area contributed by atoms with Gasteiger partial charge in [0.05, 0.1) is 6.61 Å². The molecule has 0 aromatic heterocycles. The molecule has 0 heterocycles. The number of nitrogens with two attached hydrogens (primary N) is 2. The maximum absolute atomic E-state index is 10.9. The fourth-order valence-corrected chi connectivity index (χ4v) is 0.705. The molecular formula is C7H16N2O2. The third-order valence-electron chi connectivity index (χ3n) is 1.31. The van der Waals surface area contributed by atoms with Gasteiger partial charge in [-0.15, -0.1) is 0 Å². The average molecular weight is 160 g/mol. The normalized spacial score (nSPS) is 12.6. The first-order valence-corrected chi connectivity index (χ1v) is 3.84. The van der Waals surface area contributed by atoms with Gasteiger partial charge in [0.25, 0.3) is 0 Å². The number of carbonyl (C=O) groups is 1. The summed E-state index contributed by atoms with van der Waals surface area (Å²) in [5.74, 6) is -0.332. The molecule has 0 aromatic rings. The van der Waals surface area contributed by atoms with E-state index in [-0.39, 0.29) is 5.97 Å². The van der Waals surface area contributed by atoms with Crippen LogP contribution in [0, 0.1) is 0 Å². The highest BCUT2D eigenvalue weighted by Crippen LogP contribution is 1.95. The van der Waals surface area contributed by atoms with Gasteiger partial charge in [-0.25, -0.2) is 0 Å². The molecule has 66 valence electrons. The molecule has 1 unspecified atom stereocenters. The van der Waals surface area contributed by atoms with Gasteiger partial charge in [0.1, 0.15) is 6.04 Å². The van der Waals surface area contributed by atoms with Crippen molar-refractivity contribution in [3.8, 4) is 0 Å². The van der Waals surface area contributed by atoms with Crippen molar-refractivity contribution in [2.24, 2.45) is 11.5 Å². The Bertz CT molecular complexity index is 117. The van der Waals surface area contributed by atoms with Gasteiger partial charge in [0, 0.05) is 0 Å². The lowest BCUT2D eigenvalue weighted by Gasteiger charge is -2.08. The molecule has 11 heavy (non-hydrogen) atoms. The molecule has 0 radical (unpaired) electrons. The smallest absolute Gasteiger partial charge is 0.322 e. The molecule has 4 N–H and O–H groups in total. The summed E-state index contributed by atoms with van der Waals surface area (Å²) >= 11 is 0. The second-order valence-corrected chi connectivity index (χ2v) is 2.29. The molecule has 0 saturated heterocycles. The van der Waals surface area contributed by atoms with E-state index in [1.165, 1.54) is 0 Å². The second-order valence-electron chi connectivity index (χ2n) is 2.29. The van der Waals surface area contributed by atoms with Crippen molar-refractivity contribution in [3.63, 3.8) is 0 Å². The third kappa shape index (κ3) is 4.75. The highest BCUT2D eigenvalue weighted by molar-refractivity contribution is 5.75. The fourth-order valence-electron chi connectivity index (χ4n) is 0.705. The van der Waals surface area contributed by atoms with Crippen LogP contribution in [0.4, 0.5) is 0 Å². The van der Waals surface area contributed by atoms with Crippen LogP contribution >= 0.6 is 0 Å². The Morgan fingerprint density at radius 1 is 1.64 bits per heavy atom. The zero-order valence-corrected chi connectivity index (χ0v) is 6.88. The van der Waals surface area contributed by atoms with Gasteiger partial charge in [0.15, 0.2) is 0 Å².